The fourth-order valence-electron chi connectivity index (χ4n) is 0.627. The molecule has 7 heteroatoms. The molecule has 0 saturated heterocycles. The first kappa shape index (κ1) is 11.8. The van der Waals surface area contributed by atoms with Crippen LogP contribution in [-0.4, -0.2) is 55.8 Å². The van der Waals surface area contributed by atoms with E-state index in [4.69, 9.17) is 25.5 Å². The summed E-state index contributed by atoms with van der Waals surface area (Å²) in [6.07, 6.45) is -2.98. The van der Waals surface area contributed by atoms with Crippen molar-refractivity contribution in [2.45, 2.75) is 18.1 Å². The molecular weight excluding hydrogens is 184 g/mol. The van der Waals surface area contributed by atoms with E-state index in [1.54, 1.807) is 0 Å². The van der Waals surface area contributed by atoms with E-state index in [9.17, 15) is 9.59 Å². The van der Waals surface area contributed by atoms with Gasteiger partial charge < -0.3 is 25.5 Å². The van der Waals surface area contributed by atoms with Crippen LogP contribution in [0.2, 0.25) is 0 Å². The molecule has 0 fully saturated rings. The standard InChI is InChI=1S/C6H10O7/c7-2-6(13,5(11)12)1-3(8)4(9)10/h3,7-8,13H,1-2H2,(H,9,10)(H,11,12)/t3-,6+/m0/s1. The van der Waals surface area contributed by atoms with Gasteiger partial charge in [0.2, 0.25) is 0 Å². The van der Waals surface area contributed by atoms with Crippen LogP contribution in [0.1, 0.15) is 6.42 Å². The lowest BCUT2D eigenvalue weighted by Crippen LogP contribution is -2.46. The van der Waals surface area contributed by atoms with Gasteiger partial charge in [-0.25, -0.2) is 9.59 Å². The third kappa shape index (κ3) is 2.98. The van der Waals surface area contributed by atoms with E-state index in [-0.39, 0.29) is 0 Å². The summed E-state index contributed by atoms with van der Waals surface area (Å²) >= 11 is 0. The van der Waals surface area contributed by atoms with Crippen molar-refractivity contribution in [2.24, 2.45) is 0 Å². The molecule has 13 heavy (non-hydrogen) atoms. The van der Waals surface area contributed by atoms with Crippen LogP contribution in [0.25, 0.3) is 0 Å². The van der Waals surface area contributed by atoms with Gasteiger partial charge in [0.15, 0.2) is 11.7 Å². The Kier molecular flexibility index (Phi) is 3.79. The van der Waals surface area contributed by atoms with Crippen molar-refractivity contribution < 1.29 is 35.1 Å². The highest BCUT2D eigenvalue weighted by atomic mass is 16.4. The van der Waals surface area contributed by atoms with Crippen LogP contribution in [0, 0.1) is 0 Å². The van der Waals surface area contributed by atoms with Crippen LogP contribution >= 0.6 is 0 Å². The monoisotopic (exact) mass is 194 g/mol. The lowest BCUT2D eigenvalue weighted by atomic mass is 9.97. The molecule has 0 aromatic carbocycles. The largest absolute Gasteiger partial charge is 0.479 e. The van der Waals surface area contributed by atoms with Gasteiger partial charge in [0.05, 0.1) is 6.61 Å². The molecule has 0 aromatic heterocycles. The molecule has 0 rings (SSSR count). The number of hydrogen-bond acceptors (Lipinski definition) is 5. The van der Waals surface area contributed by atoms with Gasteiger partial charge in [0.25, 0.3) is 0 Å². The van der Waals surface area contributed by atoms with Gasteiger partial charge >= 0.3 is 11.9 Å². The molecule has 0 radical (unpaired) electrons. The first-order valence-corrected chi connectivity index (χ1v) is 3.31. The zero-order valence-electron chi connectivity index (χ0n) is 6.54. The Morgan fingerprint density at radius 3 is 2.00 bits per heavy atom. The topological polar surface area (TPSA) is 135 Å². The Bertz CT molecular complexity index is 213. The minimum Gasteiger partial charge on any atom is -0.479 e. The Morgan fingerprint density at radius 1 is 1.31 bits per heavy atom. The summed E-state index contributed by atoms with van der Waals surface area (Å²) in [5, 5.41) is 42.7. The average Bonchev–Trinajstić information content (AvgIpc) is 2.03. The maximum atomic E-state index is 10.3. The number of rotatable bonds is 5. The van der Waals surface area contributed by atoms with Crippen molar-refractivity contribution in [1.29, 1.82) is 0 Å². The number of aliphatic hydroxyl groups is 3. The third-order valence-corrected chi connectivity index (χ3v) is 1.48. The average molecular weight is 194 g/mol. The lowest BCUT2D eigenvalue weighted by Gasteiger charge is -2.21. The number of aliphatic hydroxyl groups excluding tert-OH is 2. The molecular formula is C6H10O7. The highest BCUT2D eigenvalue weighted by Gasteiger charge is 2.39. The van der Waals surface area contributed by atoms with Crippen molar-refractivity contribution >= 4 is 11.9 Å². The Morgan fingerprint density at radius 2 is 1.77 bits per heavy atom. The number of carboxylic acids is 2. The predicted octanol–water partition coefficient (Wildman–Crippen LogP) is -2.37. The van der Waals surface area contributed by atoms with Crippen molar-refractivity contribution in [3.63, 3.8) is 0 Å². The van der Waals surface area contributed by atoms with Gasteiger partial charge in [-0.3, -0.25) is 0 Å². The number of carbonyl (C=O) groups is 2. The second-order valence-electron chi connectivity index (χ2n) is 2.55. The van der Waals surface area contributed by atoms with Gasteiger partial charge in [-0.1, -0.05) is 0 Å². The van der Waals surface area contributed by atoms with Crippen LogP contribution in [0.4, 0.5) is 0 Å². The smallest absolute Gasteiger partial charge is 0.338 e. The minimum atomic E-state index is -2.61. The van der Waals surface area contributed by atoms with Gasteiger partial charge in [0.1, 0.15) is 0 Å². The number of aliphatic carboxylic acids is 2. The lowest BCUT2D eigenvalue weighted by molar-refractivity contribution is -0.170. The molecule has 5 N–H and O–H groups in total. The number of hydrogen-bond donors (Lipinski definition) is 5. The molecule has 0 bridgehead atoms. The van der Waals surface area contributed by atoms with Gasteiger partial charge in [0, 0.05) is 6.42 Å². The van der Waals surface area contributed by atoms with E-state index >= 15 is 0 Å². The second kappa shape index (κ2) is 4.17. The molecule has 76 valence electrons. The molecule has 0 amide bonds. The Balaban J connectivity index is 4.45. The van der Waals surface area contributed by atoms with Crippen molar-refractivity contribution in [2.75, 3.05) is 6.61 Å². The van der Waals surface area contributed by atoms with Gasteiger partial charge in [-0.05, 0) is 0 Å². The zero-order chi connectivity index (χ0) is 10.6. The normalized spacial score (nSPS) is 17.5. The van der Waals surface area contributed by atoms with E-state index in [2.05, 4.69) is 0 Å². The summed E-state index contributed by atoms with van der Waals surface area (Å²) in [5.41, 5.74) is -2.61. The fourth-order valence-corrected chi connectivity index (χ4v) is 0.627. The van der Waals surface area contributed by atoms with E-state index in [0.717, 1.165) is 0 Å². The fraction of sp³-hybridized carbons (Fsp3) is 0.667. The summed E-state index contributed by atoms with van der Waals surface area (Å²) in [5.74, 6) is -3.44. The van der Waals surface area contributed by atoms with Crippen molar-refractivity contribution in [3.05, 3.63) is 0 Å². The van der Waals surface area contributed by atoms with Crippen LogP contribution < -0.4 is 0 Å². The SMILES string of the molecule is O=C(O)[C@@H](O)C[C@@](O)(CO)C(=O)O. The molecule has 0 aromatic rings. The minimum absolute atomic E-state index is 0.964. The molecule has 0 saturated carbocycles. The van der Waals surface area contributed by atoms with E-state index < -0.39 is 36.7 Å². The van der Waals surface area contributed by atoms with Crippen LogP contribution in [0.5, 0.6) is 0 Å². The van der Waals surface area contributed by atoms with E-state index in [1.807, 2.05) is 0 Å². The molecule has 2 atom stereocenters. The molecule has 0 spiro atoms. The first-order chi connectivity index (χ1) is 5.83. The molecule has 0 aliphatic heterocycles. The summed E-state index contributed by atoms with van der Waals surface area (Å²) in [4.78, 5) is 20.4. The summed E-state index contributed by atoms with van der Waals surface area (Å²) in [7, 11) is 0. The molecule has 7 nitrogen and oxygen atoms in total. The zero-order valence-corrected chi connectivity index (χ0v) is 6.54. The molecule has 0 aliphatic rings. The Hall–Kier alpha value is -1.18. The first-order valence-electron chi connectivity index (χ1n) is 3.31. The quantitative estimate of drug-likeness (QED) is 0.330. The van der Waals surface area contributed by atoms with E-state index in [0.29, 0.717) is 0 Å². The van der Waals surface area contributed by atoms with Crippen LogP contribution in [0.3, 0.4) is 0 Å². The van der Waals surface area contributed by atoms with Crippen molar-refractivity contribution in [3.8, 4) is 0 Å². The van der Waals surface area contributed by atoms with Crippen LogP contribution in [0.15, 0.2) is 0 Å². The number of carboxylic acid groups (broad SMARTS) is 2. The van der Waals surface area contributed by atoms with Crippen LogP contribution in [-0.2, 0) is 9.59 Å². The highest BCUT2D eigenvalue weighted by Crippen LogP contribution is 2.12. The predicted molar refractivity (Wildman–Crippen MR) is 37.9 cm³/mol. The summed E-state index contributed by atoms with van der Waals surface area (Å²) < 4.78 is 0. The molecule has 0 aliphatic carbocycles. The maximum Gasteiger partial charge on any atom is 0.338 e. The molecule has 0 unspecified atom stereocenters. The summed E-state index contributed by atoms with van der Waals surface area (Å²) in [6, 6.07) is 0. The summed E-state index contributed by atoms with van der Waals surface area (Å²) in [6.45, 7) is -1.16. The van der Waals surface area contributed by atoms with Gasteiger partial charge in [-0.15, -0.1) is 0 Å². The van der Waals surface area contributed by atoms with Gasteiger partial charge in [-0.2, -0.15) is 0 Å². The van der Waals surface area contributed by atoms with Crippen molar-refractivity contribution in [1.82, 2.24) is 0 Å². The maximum absolute atomic E-state index is 10.3. The van der Waals surface area contributed by atoms with E-state index in [1.165, 1.54) is 0 Å². The third-order valence-electron chi connectivity index (χ3n) is 1.48. The Labute approximate surface area is 72.9 Å². The molecule has 0 heterocycles. The second-order valence-corrected chi connectivity index (χ2v) is 2.55. The highest BCUT2D eigenvalue weighted by molar-refractivity contribution is 5.79.